The molecule has 4 heteroatoms. The van der Waals surface area contributed by atoms with Crippen LogP contribution in [-0.2, 0) is 0 Å². The SMILES string of the molecule is CCCNCC1CCN(c2ccc(Cl)c(Br)c2)C1. The molecule has 1 atom stereocenters. The zero-order valence-corrected chi connectivity index (χ0v) is 13.1. The second kappa shape index (κ2) is 6.78. The second-order valence-electron chi connectivity index (χ2n) is 4.90. The highest BCUT2D eigenvalue weighted by Crippen LogP contribution is 2.30. The summed E-state index contributed by atoms with van der Waals surface area (Å²) in [6.07, 6.45) is 2.48. The molecule has 1 aliphatic rings. The minimum Gasteiger partial charge on any atom is -0.371 e. The Morgan fingerprint density at radius 1 is 1.50 bits per heavy atom. The maximum absolute atomic E-state index is 6.03. The normalized spacial score (nSPS) is 19.5. The summed E-state index contributed by atoms with van der Waals surface area (Å²) in [5.41, 5.74) is 1.27. The lowest BCUT2D eigenvalue weighted by molar-refractivity contribution is 0.516. The second-order valence-corrected chi connectivity index (χ2v) is 6.16. The number of nitrogens with one attached hydrogen (secondary N) is 1. The van der Waals surface area contributed by atoms with Crippen LogP contribution in [0.3, 0.4) is 0 Å². The van der Waals surface area contributed by atoms with Gasteiger partial charge in [-0.15, -0.1) is 0 Å². The van der Waals surface area contributed by atoms with Gasteiger partial charge in [-0.2, -0.15) is 0 Å². The quantitative estimate of drug-likeness (QED) is 0.823. The van der Waals surface area contributed by atoms with Crippen molar-refractivity contribution in [2.45, 2.75) is 19.8 Å². The molecule has 0 aliphatic carbocycles. The van der Waals surface area contributed by atoms with Gasteiger partial charge in [0.25, 0.3) is 0 Å². The lowest BCUT2D eigenvalue weighted by Crippen LogP contribution is -2.26. The Bertz CT molecular complexity index is 397. The van der Waals surface area contributed by atoms with Crippen LogP contribution in [0.5, 0.6) is 0 Å². The molecule has 1 fully saturated rings. The molecule has 1 heterocycles. The largest absolute Gasteiger partial charge is 0.371 e. The molecule has 1 unspecified atom stereocenters. The monoisotopic (exact) mass is 330 g/mol. The summed E-state index contributed by atoms with van der Waals surface area (Å²) in [5, 5.41) is 4.29. The van der Waals surface area contributed by atoms with E-state index in [2.05, 4.69) is 45.2 Å². The van der Waals surface area contributed by atoms with E-state index in [1.165, 1.54) is 18.5 Å². The zero-order valence-electron chi connectivity index (χ0n) is 10.8. The maximum Gasteiger partial charge on any atom is 0.0549 e. The van der Waals surface area contributed by atoms with Crippen LogP contribution < -0.4 is 10.2 Å². The van der Waals surface area contributed by atoms with Crippen molar-refractivity contribution in [3.8, 4) is 0 Å². The fraction of sp³-hybridized carbons (Fsp3) is 0.571. The smallest absolute Gasteiger partial charge is 0.0549 e. The first-order valence-electron chi connectivity index (χ1n) is 6.61. The molecular formula is C14H20BrClN2. The number of anilines is 1. The molecule has 18 heavy (non-hydrogen) atoms. The molecule has 0 saturated carbocycles. The van der Waals surface area contributed by atoms with E-state index in [9.17, 15) is 0 Å². The van der Waals surface area contributed by atoms with Crippen LogP contribution in [-0.4, -0.2) is 26.2 Å². The fourth-order valence-corrected chi connectivity index (χ4v) is 2.88. The maximum atomic E-state index is 6.03. The third-order valence-electron chi connectivity index (χ3n) is 3.41. The Morgan fingerprint density at radius 3 is 3.06 bits per heavy atom. The average molecular weight is 332 g/mol. The first-order chi connectivity index (χ1) is 8.70. The van der Waals surface area contributed by atoms with Crippen molar-refractivity contribution >= 4 is 33.2 Å². The van der Waals surface area contributed by atoms with E-state index in [4.69, 9.17) is 11.6 Å². The molecule has 0 radical (unpaired) electrons. The van der Waals surface area contributed by atoms with Gasteiger partial charge in [-0.3, -0.25) is 0 Å². The van der Waals surface area contributed by atoms with Gasteiger partial charge in [0.15, 0.2) is 0 Å². The molecule has 2 nitrogen and oxygen atoms in total. The summed E-state index contributed by atoms with van der Waals surface area (Å²) >= 11 is 9.51. The van der Waals surface area contributed by atoms with Crippen molar-refractivity contribution in [3.63, 3.8) is 0 Å². The fourth-order valence-electron chi connectivity index (χ4n) is 2.40. The van der Waals surface area contributed by atoms with E-state index >= 15 is 0 Å². The van der Waals surface area contributed by atoms with Gasteiger partial charge in [0, 0.05) is 23.2 Å². The number of halogens is 2. The van der Waals surface area contributed by atoms with Gasteiger partial charge in [0.05, 0.1) is 5.02 Å². The lowest BCUT2D eigenvalue weighted by Gasteiger charge is -2.19. The highest BCUT2D eigenvalue weighted by Gasteiger charge is 2.22. The zero-order chi connectivity index (χ0) is 13.0. The van der Waals surface area contributed by atoms with Gasteiger partial charge in [-0.1, -0.05) is 18.5 Å². The van der Waals surface area contributed by atoms with Crippen LogP contribution in [0.2, 0.25) is 5.02 Å². The van der Waals surface area contributed by atoms with Crippen molar-refractivity contribution in [2.75, 3.05) is 31.1 Å². The third-order valence-corrected chi connectivity index (χ3v) is 4.63. The molecule has 1 N–H and O–H groups in total. The Hall–Kier alpha value is -0.250. The highest BCUT2D eigenvalue weighted by atomic mass is 79.9. The van der Waals surface area contributed by atoms with Crippen molar-refractivity contribution in [1.82, 2.24) is 5.32 Å². The number of hydrogen-bond donors (Lipinski definition) is 1. The van der Waals surface area contributed by atoms with Crippen LogP contribution in [0.4, 0.5) is 5.69 Å². The first-order valence-corrected chi connectivity index (χ1v) is 7.78. The van der Waals surface area contributed by atoms with Crippen LogP contribution >= 0.6 is 27.5 Å². The predicted octanol–water partition coefficient (Wildman–Crippen LogP) is 3.93. The molecule has 1 aromatic rings. The lowest BCUT2D eigenvalue weighted by atomic mass is 10.1. The van der Waals surface area contributed by atoms with Crippen LogP contribution in [0.25, 0.3) is 0 Å². The Kier molecular flexibility index (Phi) is 5.34. The Labute approximate surface area is 123 Å². The predicted molar refractivity (Wildman–Crippen MR) is 82.6 cm³/mol. The Morgan fingerprint density at radius 2 is 2.33 bits per heavy atom. The van der Waals surface area contributed by atoms with E-state index in [0.29, 0.717) is 0 Å². The molecule has 0 spiro atoms. The molecule has 1 aromatic carbocycles. The van der Waals surface area contributed by atoms with Crippen molar-refractivity contribution in [2.24, 2.45) is 5.92 Å². The van der Waals surface area contributed by atoms with Crippen LogP contribution in [0.1, 0.15) is 19.8 Å². The van der Waals surface area contributed by atoms with E-state index in [0.717, 1.165) is 41.6 Å². The molecular weight excluding hydrogens is 312 g/mol. The number of benzene rings is 1. The number of nitrogens with zero attached hydrogens (tertiary/aromatic N) is 1. The van der Waals surface area contributed by atoms with Gasteiger partial charge >= 0.3 is 0 Å². The van der Waals surface area contributed by atoms with Crippen molar-refractivity contribution < 1.29 is 0 Å². The summed E-state index contributed by atoms with van der Waals surface area (Å²) in [7, 11) is 0. The molecule has 100 valence electrons. The molecule has 0 amide bonds. The van der Waals surface area contributed by atoms with Gasteiger partial charge < -0.3 is 10.2 Å². The van der Waals surface area contributed by atoms with Gasteiger partial charge in [0.2, 0.25) is 0 Å². The minimum absolute atomic E-state index is 0.769. The number of rotatable bonds is 5. The van der Waals surface area contributed by atoms with Crippen molar-refractivity contribution in [1.29, 1.82) is 0 Å². The molecule has 0 bridgehead atoms. The topological polar surface area (TPSA) is 15.3 Å². The summed E-state index contributed by atoms with van der Waals surface area (Å²) < 4.78 is 0.981. The van der Waals surface area contributed by atoms with E-state index in [-0.39, 0.29) is 0 Å². The summed E-state index contributed by atoms with van der Waals surface area (Å²) in [6.45, 7) is 6.76. The van der Waals surface area contributed by atoms with Crippen LogP contribution in [0, 0.1) is 5.92 Å². The average Bonchev–Trinajstić information content (AvgIpc) is 2.82. The summed E-state index contributed by atoms with van der Waals surface area (Å²) in [6, 6.07) is 6.18. The Balaban J connectivity index is 1.89. The third kappa shape index (κ3) is 3.62. The van der Waals surface area contributed by atoms with E-state index in [1.807, 2.05) is 6.07 Å². The van der Waals surface area contributed by atoms with Crippen LogP contribution in [0.15, 0.2) is 22.7 Å². The highest BCUT2D eigenvalue weighted by molar-refractivity contribution is 9.10. The van der Waals surface area contributed by atoms with Gasteiger partial charge in [-0.05, 0) is 66.0 Å². The van der Waals surface area contributed by atoms with Gasteiger partial charge in [-0.25, -0.2) is 0 Å². The summed E-state index contributed by atoms with van der Waals surface area (Å²) in [4.78, 5) is 2.44. The first kappa shape index (κ1) is 14.2. The minimum atomic E-state index is 0.769. The van der Waals surface area contributed by atoms with Gasteiger partial charge in [0.1, 0.15) is 0 Å². The standard InChI is InChI=1S/C14H20BrClN2/c1-2-6-17-9-11-5-7-18(10-11)12-3-4-14(16)13(15)8-12/h3-4,8,11,17H,2,5-7,9-10H2,1H3. The van der Waals surface area contributed by atoms with E-state index < -0.39 is 0 Å². The van der Waals surface area contributed by atoms with E-state index in [1.54, 1.807) is 0 Å². The molecule has 1 aliphatic heterocycles. The summed E-state index contributed by atoms with van der Waals surface area (Å²) in [5.74, 6) is 0.769. The molecule has 0 aromatic heterocycles. The van der Waals surface area contributed by atoms with Crippen molar-refractivity contribution in [3.05, 3.63) is 27.7 Å². The molecule has 2 rings (SSSR count). The number of hydrogen-bond acceptors (Lipinski definition) is 2. The molecule has 1 saturated heterocycles.